The fourth-order valence-corrected chi connectivity index (χ4v) is 2.88. The van der Waals surface area contributed by atoms with Crippen LogP contribution in [-0.2, 0) is 0 Å². The van der Waals surface area contributed by atoms with Crippen molar-refractivity contribution in [2.75, 3.05) is 0 Å². The highest BCUT2D eigenvalue weighted by molar-refractivity contribution is 5.16. The van der Waals surface area contributed by atoms with Crippen LogP contribution in [0.5, 0.6) is 0 Å². The van der Waals surface area contributed by atoms with Crippen LogP contribution < -0.4 is 0 Å². The van der Waals surface area contributed by atoms with Crippen molar-refractivity contribution in [3.05, 3.63) is 12.2 Å². The third-order valence-corrected chi connectivity index (χ3v) is 3.48. The van der Waals surface area contributed by atoms with Crippen LogP contribution >= 0.6 is 0 Å². The summed E-state index contributed by atoms with van der Waals surface area (Å²) >= 11 is 0. The van der Waals surface area contributed by atoms with Gasteiger partial charge in [0.15, 0.2) is 0 Å². The fourth-order valence-electron chi connectivity index (χ4n) is 2.88. The van der Waals surface area contributed by atoms with Crippen LogP contribution in [-0.4, -0.2) is 11.2 Å². The summed E-state index contributed by atoms with van der Waals surface area (Å²) in [5.74, 6) is 1.70. The minimum absolute atomic E-state index is 0.0509. The van der Waals surface area contributed by atoms with E-state index in [-0.39, 0.29) is 11.5 Å². The van der Waals surface area contributed by atoms with Crippen molar-refractivity contribution in [2.24, 2.45) is 23.2 Å². The molecule has 2 rings (SSSR count). The van der Waals surface area contributed by atoms with Crippen molar-refractivity contribution in [1.29, 1.82) is 0 Å². The summed E-state index contributed by atoms with van der Waals surface area (Å²) in [6.07, 6.45) is 5.57. The molecule has 1 heteroatoms. The van der Waals surface area contributed by atoms with E-state index in [1.165, 1.54) is 0 Å². The lowest BCUT2D eigenvalue weighted by Gasteiger charge is -2.52. The van der Waals surface area contributed by atoms with E-state index in [2.05, 4.69) is 32.9 Å². The highest BCUT2D eigenvalue weighted by Crippen LogP contribution is 2.54. The first-order chi connectivity index (χ1) is 5.52. The fraction of sp³-hybridized carbons (Fsp3) is 0.818. The molecule has 1 fully saturated rings. The number of fused-ring (bicyclic) bond motifs is 1. The highest BCUT2D eigenvalue weighted by atomic mass is 16.3. The number of allylic oxidation sites excluding steroid dienone is 2. The van der Waals surface area contributed by atoms with E-state index in [1.807, 2.05) is 0 Å². The topological polar surface area (TPSA) is 20.2 Å². The molecule has 0 aromatic carbocycles. The molecule has 0 aromatic heterocycles. The zero-order valence-electron chi connectivity index (χ0n) is 8.12. The smallest absolute Gasteiger partial charge is 0.0616 e. The van der Waals surface area contributed by atoms with Gasteiger partial charge in [-0.3, -0.25) is 0 Å². The third kappa shape index (κ3) is 0.957. The average Bonchev–Trinajstić information content (AvgIpc) is 2.27. The second-order valence-corrected chi connectivity index (χ2v) is 5.29. The summed E-state index contributed by atoms with van der Waals surface area (Å²) < 4.78 is 0. The largest absolute Gasteiger partial charge is 0.392 e. The summed E-state index contributed by atoms with van der Waals surface area (Å²) in [5.41, 5.74) is 0.259. The van der Waals surface area contributed by atoms with Crippen LogP contribution in [0.3, 0.4) is 0 Å². The molecule has 1 saturated carbocycles. The number of hydrogen-bond acceptors (Lipinski definition) is 1. The Morgan fingerprint density at radius 1 is 1.33 bits per heavy atom. The lowest BCUT2D eigenvalue weighted by molar-refractivity contribution is -0.120. The maximum absolute atomic E-state index is 9.87. The summed E-state index contributed by atoms with van der Waals surface area (Å²) in [6, 6.07) is 0. The molecular weight excluding hydrogens is 148 g/mol. The molecule has 2 aliphatic carbocycles. The van der Waals surface area contributed by atoms with Crippen molar-refractivity contribution in [1.82, 2.24) is 0 Å². The summed E-state index contributed by atoms with van der Waals surface area (Å²) in [5, 5.41) is 9.87. The molecule has 68 valence electrons. The molecule has 1 N–H and O–H groups in total. The van der Waals surface area contributed by atoms with Gasteiger partial charge in [-0.05, 0) is 29.6 Å². The lowest BCUT2D eigenvalue weighted by Crippen LogP contribution is -2.54. The van der Waals surface area contributed by atoms with Crippen LogP contribution in [0.4, 0.5) is 0 Å². The summed E-state index contributed by atoms with van der Waals surface area (Å²) in [6.45, 7) is 6.68. The zero-order chi connectivity index (χ0) is 8.93. The molecule has 2 aliphatic rings. The molecule has 4 unspecified atom stereocenters. The Morgan fingerprint density at radius 3 is 2.58 bits per heavy atom. The van der Waals surface area contributed by atoms with E-state index in [0.717, 1.165) is 6.42 Å². The Hall–Kier alpha value is -0.300. The Labute approximate surface area is 74.5 Å². The van der Waals surface area contributed by atoms with Gasteiger partial charge in [-0.2, -0.15) is 0 Å². The minimum Gasteiger partial charge on any atom is -0.392 e. The molecule has 4 atom stereocenters. The van der Waals surface area contributed by atoms with Gasteiger partial charge in [-0.15, -0.1) is 0 Å². The van der Waals surface area contributed by atoms with E-state index in [1.54, 1.807) is 0 Å². The Balaban J connectivity index is 2.14. The van der Waals surface area contributed by atoms with E-state index in [0.29, 0.717) is 17.8 Å². The predicted octanol–water partition coefficient (Wildman–Crippen LogP) is 2.22. The minimum atomic E-state index is -0.0509. The normalized spacial score (nSPS) is 45.7. The number of aliphatic hydroxyl groups is 1. The maximum Gasteiger partial charge on any atom is 0.0616 e. The Bertz CT molecular complexity index is 212. The van der Waals surface area contributed by atoms with Gasteiger partial charge in [0.25, 0.3) is 0 Å². The molecule has 0 spiro atoms. The van der Waals surface area contributed by atoms with E-state index >= 15 is 0 Å². The molecule has 12 heavy (non-hydrogen) atoms. The molecule has 0 aliphatic heterocycles. The molecular formula is C11H18O. The van der Waals surface area contributed by atoms with Gasteiger partial charge < -0.3 is 5.11 Å². The van der Waals surface area contributed by atoms with Gasteiger partial charge >= 0.3 is 0 Å². The van der Waals surface area contributed by atoms with Gasteiger partial charge in [0, 0.05) is 0 Å². The molecule has 1 nitrogen and oxygen atoms in total. The maximum atomic E-state index is 9.87. The van der Waals surface area contributed by atoms with Crippen LogP contribution in [0.25, 0.3) is 0 Å². The number of rotatable bonds is 0. The van der Waals surface area contributed by atoms with Crippen molar-refractivity contribution < 1.29 is 5.11 Å². The monoisotopic (exact) mass is 166 g/mol. The van der Waals surface area contributed by atoms with Crippen molar-refractivity contribution in [3.8, 4) is 0 Å². The molecule has 0 aromatic rings. The van der Waals surface area contributed by atoms with E-state index in [9.17, 15) is 5.11 Å². The SMILES string of the molecule is CC(C)(C)C1C(O)C2CC=CC21. The predicted molar refractivity (Wildman–Crippen MR) is 49.7 cm³/mol. The standard InChI is InChI=1S/C11H18O/c1-11(2,3)9-7-5-4-6-8(7)10(9)12/h4-5,7-10,12H,6H2,1-3H3. The number of aliphatic hydroxyl groups excluding tert-OH is 1. The highest BCUT2D eigenvalue weighted by Gasteiger charge is 2.53. The van der Waals surface area contributed by atoms with E-state index in [4.69, 9.17) is 0 Å². The summed E-state index contributed by atoms with van der Waals surface area (Å²) in [4.78, 5) is 0. The van der Waals surface area contributed by atoms with Crippen molar-refractivity contribution in [2.45, 2.75) is 33.3 Å². The van der Waals surface area contributed by atoms with Crippen molar-refractivity contribution in [3.63, 3.8) is 0 Å². The van der Waals surface area contributed by atoms with Crippen LogP contribution in [0, 0.1) is 23.2 Å². The average molecular weight is 166 g/mol. The van der Waals surface area contributed by atoms with Gasteiger partial charge in [0.05, 0.1) is 6.10 Å². The lowest BCUT2D eigenvalue weighted by atomic mass is 9.55. The van der Waals surface area contributed by atoms with Gasteiger partial charge in [0.2, 0.25) is 0 Å². The van der Waals surface area contributed by atoms with Crippen LogP contribution in [0.15, 0.2) is 12.2 Å². The van der Waals surface area contributed by atoms with Crippen LogP contribution in [0.1, 0.15) is 27.2 Å². The number of hydrogen-bond donors (Lipinski definition) is 1. The Morgan fingerprint density at radius 2 is 2.00 bits per heavy atom. The zero-order valence-corrected chi connectivity index (χ0v) is 8.12. The summed E-state index contributed by atoms with van der Waals surface area (Å²) in [7, 11) is 0. The second kappa shape index (κ2) is 2.35. The van der Waals surface area contributed by atoms with Crippen LogP contribution in [0.2, 0.25) is 0 Å². The van der Waals surface area contributed by atoms with Gasteiger partial charge in [0.1, 0.15) is 0 Å². The molecule has 0 heterocycles. The molecule has 0 bridgehead atoms. The third-order valence-electron chi connectivity index (χ3n) is 3.48. The molecule has 0 saturated heterocycles. The van der Waals surface area contributed by atoms with Gasteiger partial charge in [-0.25, -0.2) is 0 Å². The quantitative estimate of drug-likeness (QED) is 0.547. The second-order valence-electron chi connectivity index (χ2n) is 5.29. The first kappa shape index (κ1) is 8.31. The van der Waals surface area contributed by atoms with E-state index < -0.39 is 0 Å². The Kier molecular flexibility index (Phi) is 1.63. The first-order valence-electron chi connectivity index (χ1n) is 4.86. The van der Waals surface area contributed by atoms with Gasteiger partial charge in [-0.1, -0.05) is 32.9 Å². The van der Waals surface area contributed by atoms with Crippen molar-refractivity contribution >= 4 is 0 Å². The first-order valence-corrected chi connectivity index (χ1v) is 4.86. The molecule has 0 radical (unpaired) electrons. The molecule has 0 amide bonds.